The summed E-state index contributed by atoms with van der Waals surface area (Å²) in [4.78, 5) is 23.8. The lowest BCUT2D eigenvalue weighted by molar-refractivity contribution is -0.125. The summed E-state index contributed by atoms with van der Waals surface area (Å²) in [6, 6.07) is 5.17. The monoisotopic (exact) mass is 330 g/mol. The Morgan fingerprint density at radius 1 is 1.44 bits per heavy atom. The summed E-state index contributed by atoms with van der Waals surface area (Å²) in [7, 11) is 0. The lowest BCUT2D eigenvalue weighted by atomic mass is 9.92. The smallest absolute Gasteiger partial charge is 0.252 e. The molecular weight excluding hydrogens is 316 g/mol. The third-order valence-corrected chi connectivity index (χ3v) is 3.52. The first kappa shape index (κ1) is 15.0. The zero-order valence-electron chi connectivity index (χ0n) is 10.2. The first-order chi connectivity index (χ1) is 8.24. The topological polar surface area (TPSA) is 72.2 Å². The van der Waals surface area contributed by atoms with Crippen LogP contribution in [0.15, 0.2) is 27.6 Å². The van der Waals surface area contributed by atoms with Gasteiger partial charge in [-0.3, -0.25) is 9.59 Å². The van der Waals surface area contributed by atoms with Crippen LogP contribution in [0.3, 0.4) is 0 Å². The highest BCUT2D eigenvalue weighted by Crippen LogP contribution is 2.20. The van der Waals surface area contributed by atoms with Crippen molar-refractivity contribution in [2.75, 3.05) is 6.54 Å². The zero-order valence-corrected chi connectivity index (χ0v) is 12.6. The van der Waals surface area contributed by atoms with Crippen LogP contribution in [0.4, 0.5) is 0 Å². The summed E-state index contributed by atoms with van der Waals surface area (Å²) in [6.07, 6.45) is 0. The molecule has 0 heterocycles. The first-order valence-corrected chi connectivity index (χ1v) is 6.54. The number of nitrogens with one attached hydrogen (secondary N) is 1. The molecule has 18 heavy (non-hydrogen) atoms. The molecule has 98 valence electrons. The van der Waals surface area contributed by atoms with E-state index < -0.39 is 11.3 Å². The molecule has 2 amide bonds. The van der Waals surface area contributed by atoms with Crippen molar-refractivity contribution >= 4 is 40.4 Å². The van der Waals surface area contributed by atoms with Crippen molar-refractivity contribution < 1.29 is 9.59 Å². The molecule has 0 unspecified atom stereocenters. The van der Waals surface area contributed by atoms with Crippen molar-refractivity contribution in [3.05, 3.63) is 28.2 Å². The molecule has 3 N–H and O–H groups in total. The van der Waals surface area contributed by atoms with Crippen molar-refractivity contribution in [1.82, 2.24) is 5.32 Å². The second-order valence-electron chi connectivity index (χ2n) is 4.59. The maximum absolute atomic E-state index is 12.0. The van der Waals surface area contributed by atoms with Crippen molar-refractivity contribution in [1.29, 1.82) is 0 Å². The van der Waals surface area contributed by atoms with Gasteiger partial charge in [0.05, 0.1) is 11.0 Å². The summed E-state index contributed by atoms with van der Waals surface area (Å²) in [5, 5.41) is 2.68. The van der Waals surface area contributed by atoms with Gasteiger partial charge in [0.25, 0.3) is 5.91 Å². The van der Waals surface area contributed by atoms with Crippen LogP contribution in [0.25, 0.3) is 0 Å². The number of hydrogen-bond donors (Lipinski definition) is 3. The Bertz CT molecular complexity index is 489. The van der Waals surface area contributed by atoms with Crippen molar-refractivity contribution in [3.63, 3.8) is 0 Å². The highest BCUT2D eigenvalue weighted by atomic mass is 79.9. The third kappa shape index (κ3) is 3.74. The predicted octanol–water partition coefficient (Wildman–Crippen LogP) is 1.98. The molecule has 1 rings (SSSR count). The molecule has 0 bridgehead atoms. The summed E-state index contributed by atoms with van der Waals surface area (Å²) >= 11 is 7.47. The fraction of sp³-hybridized carbons (Fsp3) is 0.333. The van der Waals surface area contributed by atoms with Gasteiger partial charge in [0, 0.05) is 15.9 Å². The van der Waals surface area contributed by atoms with E-state index >= 15 is 0 Å². The SMILES string of the molecule is CC(C)(CNC(=O)c1cc(S)ccc1Br)C(N)=O. The number of halogens is 1. The fourth-order valence-corrected chi connectivity index (χ4v) is 1.80. The van der Waals surface area contributed by atoms with Crippen LogP contribution in [0.5, 0.6) is 0 Å². The van der Waals surface area contributed by atoms with E-state index in [0.29, 0.717) is 14.9 Å². The van der Waals surface area contributed by atoms with Gasteiger partial charge in [-0.1, -0.05) is 0 Å². The molecule has 0 radical (unpaired) electrons. The fourth-order valence-electron chi connectivity index (χ4n) is 1.17. The van der Waals surface area contributed by atoms with Gasteiger partial charge in [0.15, 0.2) is 0 Å². The molecule has 4 nitrogen and oxygen atoms in total. The highest BCUT2D eigenvalue weighted by Gasteiger charge is 2.25. The number of hydrogen-bond acceptors (Lipinski definition) is 3. The summed E-state index contributed by atoms with van der Waals surface area (Å²) < 4.78 is 0.676. The van der Waals surface area contributed by atoms with Gasteiger partial charge in [-0.15, -0.1) is 12.6 Å². The minimum atomic E-state index is -0.777. The van der Waals surface area contributed by atoms with E-state index in [4.69, 9.17) is 5.73 Å². The predicted molar refractivity (Wildman–Crippen MR) is 76.7 cm³/mol. The van der Waals surface area contributed by atoms with Gasteiger partial charge in [0.2, 0.25) is 5.91 Å². The quantitative estimate of drug-likeness (QED) is 0.738. The molecule has 6 heteroatoms. The van der Waals surface area contributed by atoms with E-state index in [-0.39, 0.29) is 12.5 Å². The molecule has 0 aliphatic rings. The van der Waals surface area contributed by atoms with E-state index in [1.165, 1.54) is 0 Å². The Kier molecular flexibility index (Phi) is 4.81. The van der Waals surface area contributed by atoms with E-state index in [1.54, 1.807) is 32.0 Å². The molecule has 0 spiro atoms. The molecule has 0 fully saturated rings. The van der Waals surface area contributed by atoms with Crippen LogP contribution in [0.1, 0.15) is 24.2 Å². The number of nitrogens with two attached hydrogens (primary N) is 1. The minimum absolute atomic E-state index is 0.185. The van der Waals surface area contributed by atoms with Crippen LogP contribution in [0.2, 0.25) is 0 Å². The number of primary amides is 1. The Morgan fingerprint density at radius 2 is 2.06 bits per heavy atom. The van der Waals surface area contributed by atoms with Gasteiger partial charge < -0.3 is 11.1 Å². The standard InChI is InChI=1S/C12H15BrN2O2S/c1-12(2,11(14)17)6-15-10(16)8-5-7(18)3-4-9(8)13/h3-5,18H,6H2,1-2H3,(H2,14,17)(H,15,16). The Labute approximate surface area is 120 Å². The van der Waals surface area contributed by atoms with Crippen LogP contribution in [0, 0.1) is 5.41 Å². The Morgan fingerprint density at radius 3 is 2.61 bits per heavy atom. The molecular formula is C12H15BrN2O2S. The average molecular weight is 331 g/mol. The number of carbonyl (C=O) groups excluding carboxylic acids is 2. The van der Waals surface area contributed by atoms with E-state index in [2.05, 4.69) is 33.9 Å². The van der Waals surface area contributed by atoms with Gasteiger partial charge in [-0.2, -0.15) is 0 Å². The van der Waals surface area contributed by atoms with Gasteiger partial charge in [0.1, 0.15) is 0 Å². The Hall–Kier alpha value is -1.01. The molecule has 0 aliphatic heterocycles. The molecule has 0 aliphatic carbocycles. The minimum Gasteiger partial charge on any atom is -0.369 e. The molecule has 0 saturated carbocycles. The van der Waals surface area contributed by atoms with E-state index in [9.17, 15) is 9.59 Å². The molecule has 0 atom stereocenters. The summed E-state index contributed by atoms with van der Waals surface area (Å²) in [5.74, 6) is -0.725. The summed E-state index contributed by atoms with van der Waals surface area (Å²) in [5.41, 5.74) is 4.94. The second kappa shape index (κ2) is 5.75. The maximum Gasteiger partial charge on any atom is 0.252 e. The first-order valence-electron chi connectivity index (χ1n) is 5.30. The number of amides is 2. The van der Waals surface area contributed by atoms with E-state index in [0.717, 1.165) is 0 Å². The van der Waals surface area contributed by atoms with Crippen LogP contribution in [-0.2, 0) is 4.79 Å². The molecule has 1 aromatic rings. The molecule has 0 aromatic heterocycles. The summed E-state index contributed by atoms with van der Waals surface area (Å²) in [6.45, 7) is 3.55. The normalized spacial score (nSPS) is 11.1. The lowest BCUT2D eigenvalue weighted by Gasteiger charge is -2.20. The zero-order chi connectivity index (χ0) is 13.9. The number of thiol groups is 1. The van der Waals surface area contributed by atoms with Crippen LogP contribution in [-0.4, -0.2) is 18.4 Å². The second-order valence-corrected chi connectivity index (χ2v) is 5.97. The Balaban J connectivity index is 2.78. The number of rotatable bonds is 4. The van der Waals surface area contributed by atoms with Crippen molar-refractivity contribution in [2.24, 2.45) is 11.1 Å². The maximum atomic E-state index is 12.0. The van der Waals surface area contributed by atoms with Crippen molar-refractivity contribution in [2.45, 2.75) is 18.7 Å². The number of benzene rings is 1. The number of carbonyl (C=O) groups is 2. The third-order valence-electron chi connectivity index (χ3n) is 2.55. The van der Waals surface area contributed by atoms with Crippen molar-refractivity contribution in [3.8, 4) is 0 Å². The largest absolute Gasteiger partial charge is 0.369 e. The lowest BCUT2D eigenvalue weighted by Crippen LogP contribution is -2.42. The average Bonchev–Trinajstić information content (AvgIpc) is 2.29. The highest BCUT2D eigenvalue weighted by molar-refractivity contribution is 9.10. The van der Waals surface area contributed by atoms with Gasteiger partial charge in [-0.25, -0.2) is 0 Å². The molecule has 0 saturated heterocycles. The molecule has 1 aromatic carbocycles. The van der Waals surface area contributed by atoms with Gasteiger partial charge in [-0.05, 0) is 48.0 Å². The van der Waals surface area contributed by atoms with Crippen LogP contribution < -0.4 is 11.1 Å². The van der Waals surface area contributed by atoms with Crippen LogP contribution >= 0.6 is 28.6 Å². The van der Waals surface area contributed by atoms with E-state index in [1.807, 2.05) is 0 Å². The van der Waals surface area contributed by atoms with Gasteiger partial charge >= 0.3 is 0 Å².